The van der Waals surface area contributed by atoms with Crippen molar-refractivity contribution in [3.8, 4) is 0 Å². The molecule has 3 rings (SSSR count). The number of likely N-dealkylation sites (tertiary alicyclic amines) is 1. The molecule has 136 valence electrons. The van der Waals surface area contributed by atoms with E-state index >= 15 is 0 Å². The molecule has 0 radical (unpaired) electrons. The SMILES string of the molecule is CC(C)C1CC(=O)CN1C(=O)N1CCc2ncc(C(F)(F)F)cc2C1. The maximum atomic E-state index is 12.9. The van der Waals surface area contributed by atoms with Crippen LogP contribution in [0.3, 0.4) is 0 Å². The van der Waals surface area contributed by atoms with Crippen LogP contribution in [-0.4, -0.2) is 45.7 Å². The first-order valence-corrected chi connectivity index (χ1v) is 8.29. The number of urea groups is 1. The summed E-state index contributed by atoms with van der Waals surface area (Å²) in [6, 6.07) is 0.630. The minimum atomic E-state index is -4.46. The molecule has 0 saturated carbocycles. The predicted octanol–water partition coefficient (Wildman–Crippen LogP) is 2.88. The van der Waals surface area contributed by atoms with E-state index in [1.165, 1.54) is 4.90 Å². The summed E-state index contributed by atoms with van der Waals surface area (Å²) < 4.78 is 38.6. The second-order valence-electron chi connectivity index (χ2n) is 6.96. The third-order valence-corrected chi connectivity index (χ3v) is 4.84. The van der Waals surface area contributed by atoms with Crippen LogP contribution in [0.25, 0.3) is 0 Å². The fourth-order valence-electron chi connectivity index (χ4n) is 3.45. The summed E-state index contributed by atoms with van der Waals surface area (Å²) in [6.45, 7) is 4.45. The van der Waals surface area contributed by atoms with Crippen molar-refractivity contribution in [2.45, 2.75) is 45.5 Å². The average Bonchev–Trinajstić information content (AvgIpc) is 2.94. The molecule has 3 heterocycles. The zero-order valence-electron chi connectivity index (χ0n) is 14.1. The van der Waals surface area contributed by atoms with Gasteiger partial charge in [0.1, 0.15) is 0 Å². The lowest BCUT2D eigenvalue weighted by molar-refractivity contribution is -0.138. The molecule has 0 aromatic carbocycles. The third-order valence-electron chi connectivity index (χ3n) is 4.84. The van der Waals surface area contributed by atoms with Gasteiger partial charge in [-0.3, -0.25) is 9.78 Å². The van der Waals surface area contributed by atoms with Crippen LogP contribution in [0.2, 0.25) is 0 Å². The van der Waals surface area contributed by atoms with Gasteiger partial charge in [-0.05, 0) is 17.5 Å². The summed E-state index contributed by atoms with van der Waals surface area (Å²) in [4.78, 5) is 31.5. The van der Waals surface area contributed by atoms with Crippen molar-refractivity contribution in [2.75, 3.05) is 13.1 Å². The van der Waals surface area contributed by atoms with Crippen molar-refractivity contribution in [3.05, 3.63) is 29.1 Å². The van der Waals surface area contributed by atoms with Gasteiger partial charge in [0.15, 0.2) is 5.78 Å². The number of aromatic nitrogens is 1. The third kappa shape index (κ3) is 3.48. The van der Waals surface area contributed by atoms with Gasteiger partial charge in [-0.25, -0.2) is 4.79 Å². The summed E-state index contributed by atoms with van der Waals surface area (Å²) in [5.74, 6) is 0.163. The quantitative estimate of drug-likeness (QED) is 0.778. The lowest BCUT2D eigenvalue weighted by atomic mass is 10.0. The van der Waals surface area contributed by atoms with E-state index in [4.69, 9.17) is 0 Å². The summed E-state index contributed by atoms with van der Waals surface area (Å²) in [7, 11) is 0. The van der Waals surface area contributed by atoms with Crippen LogP contribution < -0.4 is 0 Å². The number of carbonyl (C=O) groups is 2. The summed E-state index contributed by atoms with van der Waals surface area (Å²) >= 11 is 0. The van der Waals surface area contributed by atoms with Crippen LogP contribution in [0, 0.1) is 5.92 Å². The lowest BCUT2D eigenvalue weighted by Crippen LogP contribution is -2.48. The second-order valence-corrected chi connectivity index (χ2v) is 6.96. The Morgan fingerprint density at radius 3 is 2.68 bits per heavy atom. The Balaban J connectivity index is 1.80. The van der Waals surface area contributed by atoms with E-state index in [-0.39, 0.29) is 36.9 Å². The number of Topliss-reactive ketones (excluding diaryl/α,β-unsaturated/α-hetero) is 1. The van der Waals surface area contributed by atoms with Crippen molar-refractivity contribution < 1.29 is 22.8 Å². The Hall–Kier alpha value is -2.12. The van der Waals surface area contributed by atoms with Gasteiger partial charge in [0.25, 0.3) is 0 Å². The monoisotopic (exact) mass is 355 g/mol. The molecule has 8 heteroatoms. The Bertz CT molecular complexity index is 703. The van der Waals surface area contributed by atoms with Gasteiger partial charge in [-0.1, -0.05) is 13.8 Å². The van der Waals surface area contributed by atoms with Gasteiger partial charge in [0.2, 0.25) is 0 Å². The van der Waals surface area contributed by atoms with Crippen LogP contribution in [-0.2, 0) is 23.9 Å². The minimum Gasteiger partial charge on any atom is -0.320 e. The lowest BCUT2D eigenvalue weighted by Gasteiger charge is -2.35. The molecule has 2 amide bonds. The van der Waals surface area contributed by atoms with Crippen LogP contribution in [0.4, 0.5) is 18.0 Å². The van der Waals surface area contributed by atoms with Gasteiger partial charge in [-0.2, -0.15) is 13.2 Å². The number of ketones is 1. The molecule has 0 aliphatic carbocycles. The van der Waals surface area contributed by atoms with E-state index in [0.717, 1.165) is 12.3 Å². The molecule has 1 fully saturated rings. The molecule has 1 aromatic heterocycles. The number of nitrogens with zero attached hydrogens (tertiary/aromatic N) is 3. The molecule has 0 bridgehead atoms. The Morgan fingerprint density at radius 2 is 2.04 bits per heavy atom. The van der Waals surface area contributed by atoms with E-state index in [2.05, 4.69) is 4.98 Å². The molecule has 1 saturated heterocycles. The summed E-state index contributed by atoms with van der Waals surface area (Å²) in [6.07, 6.45) is -2.87. The second kappa shape index (κ2) is 6.31. The van der Waals surface area contributed by atoms with E-state index in [9.17, 15) is 22.8 Å². The van der Waals surface area contributed by atoms with Gasteiger partial charge in [0, 0.05) is 43.9 Å². The van der Waals surface area contributed by atoms with Crippen LogP contribution in [0.15, 0.2) is 12.3 Å². The van der Waals surface area contributed by atoms with Crippen molar-refractivity contribution in [1.29, 1.82) is 0 Å². The van der Waals surface area contributed by atoms with Crippen molar-refractivity contribution in [2.24, 2.45) is 5.92 Å². The zero-order valence-corrected chi connectivity index (χ0v) is 14.1. The number of pyridine rings is 1. The number of halogens is 3. The van der Waals surface area contributed by atoms with E-state index in [1.807, 2.05) is 13.8 Å². The van der Waals surface area contributed by atoms with E-state index in [0.29, 0.717) is 30.6 Å². The summed E-state index contributed by atoms with van der Waals surface area (Å²) in [5, 5.41) is 0. The smallest absolute Gasteiger partial charge is 0.320 e. The number of fused-ring (bicyclic) bond motifs is 1. The number of hydrogen-bond donors (Lipinski definition) is 0. The molecular weight excluding hydrogens is 335 g/mol. The molecule has 1 aromatic rings. The zero-order chi connectivity index (χ0) is 18.4. The van der Waals surface area contributed by atoms with Gasteiger partial charge < -0.3 is 9.80 Å². The molecule has 2 aliphatic heterocycles. The molecule has 1 unspecified atom stereocenters. The van der Waals surface area contributed by atoms with Crippen LogP contribution in [0.5, 0.6) is 0 Å². The van der Waals surface area contributed by atoms with Gasteiger partial charge in [0.05, 0.1) is 12.1 Å². The summed E-state index contributed by atoms with van der Waals surface area (Å²) in [5.41, 5.74) is 0.202. The number of alkyl halides is 3. The fourth-order valence-corrected chi connectivity index (χ4v) is 3.45. The number of carbonyl (C=O) groups excluding carboxylic acids is 2. The maximum Gasteiger partial charge on any atom is 0.417 e. The Labute approximate surface area is 143 Å². The highest BCUT2D eigenvalue weighted by Crippen LogP contribution is 2.31. The molecule has 25 heavy (non-hydrogen) atoms. The van der Waals surface area contributed by atoms with Gasteiger partial charge >= 0.3 is 12.2 Å². The largest absolute Gasteiger partial charge is 0.417 e. The number of rotatable bonds is 1. The first-order valence-electron chi connectivity index (χ1n) is 8.29. The van der Waals surface area contributed by atoms with E-state index in [1.54, 1.807) is 4.90 Å². The highest BCUT2D eigenvalue weighted by molar-refractivity contribution is 5.89. The van der Waals surface area contributed by atoms with Crippen LogP contribution >= 0.6 is 0 Å². The predicted molar refractivity (Wildman–Crippen MR) is 83.7 cm³/mol. The molecule has 2 aliphatic rings. The van der Waals surface area contributed by atoms with E-state index < -0.39 is 11.7 Å². The first kappa shape index (κ1) is 17.7. The Kier molecular flexibility index (Phi) is 4.47. The number of hydrogen-bond acceptors (Lipinski definition) is 3. The van der Waals surface area contributed by atoms with Crippen molar-refractivity contribution >= 4 is 11.8 Å². The molecular formula is C17H20F3N3O2. The molecule has 0 spiro atoms. The highest BCUT2D eigenvalue weighted by atomic mass is 19.4. The average molecular weight is 355 g/mol. The molecule has 0 N–H and O–H groups in total. The first-order chi connectivity index (χ1) is 11.7. The molecule has 1 atom stereocenters. The topological polar surface area (TPSA) is 53.5 Å². The fraction of sp³-hybridized carbons (Fsp3) is 0.588. The Morgan fingerprint density at radius 1 is 1.32 bits per heavy atom. The minimum absolute atomic E-state index is 0.0190. The van der Waals surface area contributed by atoms with Gasteiger partial charge in [-0.15, -0.1) is 0 Å². The molecule has 5 nitrogen and oxygen atoms in total. The normalized spacial score (nSPS) is 21.0. The number of amides is 2. The van der Waals surface area contributed by atoms with Crippen molar-refractivity contribution in [3.63, 3.8) is 0 Å². The standard InChI is InChI=1S/C17H20F3N3O2/c1-10(2)15-6-13(24)9-23(15)16(25)22-4-3-14-11(8-22)5-12(7-21-14)17(18,19)20/h5,7,10,15H,3-4,6,8-9H2,1-2H3. The van der Waals surface area contributed by atoms with Crippen LogP contribution in [0.1, 0.15) is 37.1 Å². The maximum absolute atomic E-state index is 12.9. The highest BCUT2D eigenvalue weighted by Gasteiger charge is 2.39. The van der Waals surface area contributed by atoms with Crippen molar-refractivity contribution in [1.82, 2.24) is 14.8 Å².